The predicted octanol–water partition coefficient (Wildman–Crippen LogP) is 0.452. The van der Waals surface area contributed by atoms with Crippen LogP contribution in [-0.4, -0.2) is 64.4 Å². The van der Waals surface area contributed by atoms with E-state index < -0.39 is 24.7 Å². The fraction of sp³-hybridized carbons (Fsp3) is 0.429. The van der Waals surface area contributed by atoms with Gasteiger partial charge in [-0.2, -0.15) is 0 Å². The van der Waals surface area contributed by atoms with Crippen LogP contribution in [0.4, 0.5) is 5.13 Å². The van der Waals surface area contributed by atoms with Gasteiger partial charge in [0.1, 0.15) is 18.0 Å². The molecule has 2 aromatic rings. The van der Waals surface area contributed by atoms with E-state index >= 15 is 0 Å². The second kappa shape index (κ2) is 9.12. The third kappa shape index (κ3) is 4.87. The molecule has 33 heavy (non-hydrogen) atoms. The predicted molar refractivity (Wildman–Crippen MR) is 120 cm³/mol. The van der Waals surface area contributed by atoms with Gasteiger partial charge in [0.25, 0.3) is 0 Å². The summed E-state index contributed by atoms with van der Waals surface area (Å²) < 4.78 is 6.38. The minimum Gasteiger partial charge on any atom is -0.545 e. The molecule has 0 saturated carbocycles. The molecule has 2 aliphatic rings. The average Bonchev–Trinajstić information content (AvgIpc) is 3.37. The Balaban J connectivity index is 1.58. The van der Waals surface area contributed by atoms with Crippen molar-refractivity contribution >= 4 is 41.1 Å². The number of Topliss-reactive ketones (excluding diaryl/α,β-unsaturated/α-hetero) is 1. The van der Waals surface area contributed by atoms with Crippen molar-refractivity contribution in [3.05, 3.63) is 39.9 Å². The van der Waals surface area contributed by atoms with Gasteiger partial charge >= 0.3 is 7.12 Å². The highest BCUT2D eigenvalue weighted by molar-refractivity contribution is 7.13. The second-order valence-electron chi connectivity index (χ2n) is 8.97. The van der Waals surface area contributed by atoms with Crippen molar-refractivity contribution in [2.75, 3.05) is 25.9 Å². The molecule has 174 valence electrons. The Labute approximate surface area is 195 Å². The Morgan fingerprint density at radius 1 is 1.39 bits per heavy atom. The van der Waals surface area contributed by atoms with Crippen molar-refractivity contribution in [3.8, 4) is 5.75 Å². The molecule has 1 aromatic carbocycles. The van der Waals surface area contributed by atoms with Crippen molar-refractivity contribution in [2.45, 2.75) is 38.0 Å². The van der Waals surface area contributed by atoms with Gasteiger partial charge in [0.2, 0.25) is 0 Å². The lowest BCUT2D eigenvalue weighted by molar-refractivity contribution is -0.910. The number of ketones is 1. The highest BCUT2D eigenvalue weighted by Gasteiger charge is 2.39. The zero-order valence-corrected chi connectivity index (χ0v) is 19.0. The number of fused-ring (bicyclic) bond motifs is 1. The number of hydrogen-bond donors (Lipinski definition) is 3. The Morgan fingerprint density at radius 3 is 2.73 bits per heavy atom. The molecule has 0 unspecified atom stereocenters. The average molecular weight is 472 g/mol. The Kier molecular flexibility index (Phi) is 6.42. The SMILES string of the molecule is C[N+]1(Cc2cc3c(c(C(=O)[O-])c2)OB(O)[C@@H](CC(=O)/C(=N\O)c2csc(N)n2)C3)CCCC1. The second-order valence-corrected chi connectivity index (χ2v) is 9.86. The number of nitrogens with two attached hydrogens (primary N) is 1. The summed E-state index contributed by atoms with van der Waals surface area (Å²) in [6.07, 6.45) is 2.30. The molecule has 1 aromatic heterocycles. The summed E-state index contributed by atoms with van der Waals surface area (Å²) in [5, 5.41) is 36.4. The Morgan fingerprint density at radius 2 is 2.12 bits per heavy atom. The number of benzene rings is 1. The number of aromatic carboxylic acids is 1. The standard InChI is InChI=1S/C21H25BN4O6S/c1-26(4-2-3-5-26)10-12-6-13-8-14(22(30)32-19(13)15(7-12)20(28)29)9-17(27)18(25-31)16-11-33-21(23)24-16/h6-7,11,14,30H,2-5,8-10H2,1H3,(H3-,23,24,27,28,29,31)/t14-/m1/s1. The number of carboxylic acids is 1. The molecule has 0 aliphatic carbocycles. The summed E-state index contributed by atoms with van der Waals surface area (Å²) in [5.41, 5.74) is 6.84. The molecule has 1 saturated heterocycles. The van der Waals surface area contributed by atoms with Crippen LogP contribution in [0.5, 0.6) is 5.75 Å². The van der Waals surface area contributed by atoms with Crippen LogP contribution in [0.3, 0.4) is 0 Å². The number of quaternary nitrogens is 1. The van der Waals surface area contributed by atoms with Crippen LogP contribution in [0.2, 0.25) is 5.82 Å². The van der Waals surface area contributed by atoms with Crippen LogP contribution in [0, 0.1) is 0 Å². The van der Waals surface area contributed by atoms with Crippen LogP contribution in [0.15, 0.2) is 22.7 Å². The maximum atomic E-state index is 12.8. The molecule has 12 heteroatoms. The van der Waals surface area contributed by atoms with E-state index in [2.05, 4.69) is 17.2 Å². The van der Waals surface area contributed by atoms with Gasteiger partial charge in [-0.15, -0.1) is 11.3 Å². The van der Waals surface area contributed by atoms with Crippen molar-refractivity contribution in [1.82, 2.24) is 4.98 Å². The zero-order valence-electron chi connectivity index (χ0n) is 18.2. The van der Waals surface area contributed by atoms with Crippen molar-refractivity contribution in [1.29, 1.82) is 0 Å². The third-order valence-electron chi connectivity index (χ3n) is 6.36. The van der Waals surface area contributed by atoms with E-state index in [1.165, 1.54) is 5.38 Å². The molecular weight excluding hydrogens is 447 g/mol. The van der Waals surface area contributed by atoms with E-state index in [0.717, 1.165) is 47.3 Å². The number of likely N-dealkylation sites (tertiary alicyclic amines) is 1. The van der Waals surface area contributed by atoms with Gasteiger partial charge in [0.15, 0.2) is 16.6 Å². The molecule has 0 spiro atoms. The number of nitrogen functional groups attached to an aromatic ring is 1. The number of aromatic nitrogens is 1. The van der Waals surface area contributed by atoms with E-state index in [0.29, 0.717) is 12.1 Å². The fourth-order valence-electron chi connectivity index (χ4n) is 4.74. The quantitative estimate of drug-likeness (QED) is 0.172. The first kappa shape index (κ1) is 23.2. The topological polar surface area (TPSA) is 158 Å². The first-order valence-electron chi connectivity index (χ1n) is 10.7. The number of nitrogens with zero attached hydrogens (tertiary/aromatic N) is 3. The van der Waals surface area contributed by atoms with Crippen LogP contribution in [0.1, 0.15) is 46.4 Å². The summed E-state index contributed by atoms with van der Waals surface area (Å²) in [4.78, 5) is 28.6. The van der Waals surface area contributed by atoms with Gasteiger partial charge < -0.3 is 35.0 Å². The third-order valence-corrected chi connectivity index (χ3v) is 7.03. The lowest BCUT2D eigenvalue weighted by Gasteiger charge is -2.32. The number of thiazole rings is 1. The van der Waals surface area contributed by atoms with Crippen molar-refractivity contribution < 1.29 is 34.1 Å². The number of carbonyl (C=O) groups excluding carboxylic acids is 2. The molecular formula is C21H25BN4O6S. The number of oxime groups is 1. The lowest BCUT2D eigenvalue weighted by Crippen LogP contribution is -2.40. The number of anilines is 1. The van der Waals surface area contributed by atoms with E-state index in [1.54, 1.807) is 6.07 Å². The molecule has 3 heterocycles. The maximum Gasteiger partial charge on any atom is 0.526 e. The Bertz CT molecular complexity index is 1110. The van der Waals surface area contributed by atoms with Gasteiger partial charge in [-0.05, 0) is 24.1 Å². The summed E-state index contributed by atoms with van der Waals surface area (Å²) in [7, 11) is 0.738. The highest BCUT2D eigenvalue weighted by Crippen LogP contribution is 2.38. The monoisotopic (exact) mass is 472 g/mol. The highest BCUT2D eigenvalue weighted by atomic mass is 32.1. The molecule has 0 amide bonds. The van der Waals surface area contributed by atoms with Crippen LogP contribution in [0.25, 0.3) is 0 Å². The number of rotatable bonds is 7. The summed E-state index contributed by atoms with van der Waals surface area (Å²) in [5.74, 6) is -2.51. The largest absolute Gasteiger partial charge is 0.545 e. The van der Waals surface area contributed by atoms with Gasteiger partial charge in [-0.25, -0.2) is 4.98 Å². The lowest BCUT2D eigenvalue weighted by atomic mass is 9.64. The van der Waals surface area contributed by atoms with Crippen LogP contribution < -0.4 is 15.5 Å². The molecule has 1 atom stereocenters. The molecule has 4 rings (SSSR count). The molecule has 2 aliphatic heterocycles. The van der Waals surface area contributed by atoms with Gasteiger partial charge in [-0.1, -0.05) is 5.16 Å². The molecule has 0 radical (unpaired) electrons. The molecule has 0 bridgehead atoms. The van der Waals surface area contributed by atoms with E-state index in [1.807, 2.05) is 6.07 Å². The summed E-state index contributed by atoms with van der Waals surface area (Å²) in [6.45, 7) is 2.72. The normalized spacial score (nSPS) is 19.8. The fourth-order valence-corrected chi connectivity index (χ4v) is 5.29. The van der Waals surface area contributed by atoms with Gasteiger partial charge in [0, 0.05) is 41.6 Å². The van der Waals surface area contributed by atoms with E-state index in [4.69, 9.17) is 10.4 Å². The van der Waals surface area contributed by atoms with Gasteiger partial charge in [-0.3, -0.25) is 4.79 Å². The summed E-state index contributed by atoms with van der Waals surface area (Å²) in [6, 6.07) is 3.44. The van der Waals surface area contributed by atoms with Crippen molar-refractivity contribution in [2.24, 2.45) is 5.16 Å². The minimum absolute atomic E-state index is 0.0716. The van der Waals surface area contributed by atoms with Crippen LogP contribution in [-0.2, 0) is 17.8 Å². The number of carbonyl (C=O) groups is 2. The maximum absolute atomic E-state index is 12.8. The number of hydrogen-bond acceptors (Lipinski definition) is 10. The van der Waals surface area contributed by atoms with Crippen LogP contribution >= 0.6 is 11.3 Å². The molecule has 1 fully saturated rings. The first-order chi connectivity index (χ1) is 15.7. The minimum atomic E-state index is -1.41. The Hall–Kier alpha value is -2.96. The first-order valence-corrected chi connectivity index (χ1v) is 11.6. The molecule has 10 nitrogen and oxygen atoms in total. The van der Waals surface area contributed by atoms with Gasteiger partial charge in [0.05, 0.1) is 26.1 Å². The van der Waals surface area contributed by atoms with E-state index in [9.17, 15) is 24.9 Å². The molecule has 4 N–H and O–H groups in total. The van der Waals surface area contributed by atoms with E-state index in [-0.39, 0.29) is 40.7 Å². The van der Waals surface area contributed by atoms with Crippen molar-refractivity contribution in [3.63, 3.8) is 0 Å². The zero-order chi connectivity index (χ0) is 23.8. The smallest absolute Gasteiger partial charge is 0.526 e. The number of carboxylic acid groups (broad SMARTS) is 1. The summed E-state index contributed by atoms with van der Waals surface area (Å²) >= 11 is 1.11.